The normalized spacial score (nSPS) is 16.5. The van der Waals surface area contributed by atoms with Crippen LogP contribution in [0.4, 0.5) is 14.6 Å². The third-order valence-electron chi connectivity index (χ3n) is 9.24. The summed E-state index contributed by atoms with van der Waals surface area (Å²) in [6, 6.07) is 8.94. The summed E-state index contributed by atoms with van der Waals surface area (Å²) in [5.41, 5.74) is 3.08. The molecule has 1 aliphatic carbocycles. The van der Waals surface area contributed by atoms with Crippen LogP contribution in [0.25, 0.3) is 11.4 Å². The molecule has 3 aromatic heterocycles. The van der Waals surface area contributed by atoms with Gasteiger partial charge in [-0.1, -0.05) is 40.2 Å². The molecule has 2 aliphatic heterocycles. The number of alkyl halides is 2. The van der Waals surface area contributed by atoms with Crippen molar-refractivity contribution in [2.45, 2.75) is 98.0 Å². The van der Waals surface area contributed by atoms with E-state index in [9.17, 15) is 13.6 Å². The van der Waals surface area contributed by atoms with Crippen molar-refractivity contribution < 1.29 is 32.9 Å². The van der Waals surface area contributed by atoms with E-state index in [0.29, 0.717) is 35.6 Å². The van der Waals surface area contributed by atoms with E-state index >= 15 is 0 Å². The zero-order valence-electron chi connectivity index (χ0n) is 30.9. The summed E-state index contributed by atoms with van der Waals surface area (Å²) in [6.45, 7) is 17.0. The maximum Gasteiger partial charge on any atom is 0.297 e. The molecular weight excluding hydrogens is 660 g/mol. The Labute approximate surface area is 300 Å². The number of nitrogens with one attached hydrogen (secondary N) is 1. The standard InChI is InChI=1S/C16H18F2N4O.C12H24O2.C9H11NO.CH2O2/c1-2-23-14-7-5-6-11(19-14)12-10-13(22-8-3-4-9-22)21-16(20-12)15(17)18;1-5-11(4)6-7-14-12(10(2)3)8-13-9-12;1-6-4-8(7-2-3-7)5-10-9(6)11;2-1-3/h5-7,10,15H,2-4,8-9H2,1H3;10-11H,5-9H2,1-4H3;4-5,7H,2-3H2,1H3,(H,10,11);1H,(H,2,3). The van der Waals surface area contributed by atoms with E-state index in [-0.39, 0.29) is 17.6 Å². The van der Waals surface area contributed by atoms with Crippen LogP contribution in [0.1, 0.15) is 102 Å². The predicted molar refractivity (Wildman–Crippen MR) is 194 cm³/mol. The average molecular weight is 716 g/mol. The Bertz CT molecular complexity index is 1540. The van der Waals surface area contributed by atoms with Gasteiger partial charge in [-0.3, -0.25) is 9.59 Å². The lowest BCUT2D eigenvalue weighted by Crippen LogP contribution is -2.56. The number of anilines is 1. The summed E-state index contributed by atoms with van der Waals surface area (Å²) in [4.78, 5) is 36.4. The number of carbonyl (C=O) groups is 1. The fraction of sp³-hybridized carbons (Fsp3) is 0.605. The monoisotopic (exact) mass is 715 g/mol. The molecule has 5 heterocycles. The van der Waals surface area contributed by atoms with Crippen LogP contribution in [0.3, 0.4) is 0 Å². The van der Waals surface area contributed by atoms with E-state index in [0.717, 1.165) is 63.2 Å². The van der Waals surface area contributed by atoms with Crippen molar-refractivity contribution in [2.75, 3.05) is 44.4 Å². The first-order valence-corrected chi connectivity index (χ1v) is 18.0. The van der Waals surface area contributed by atoms with Crippen molar-refractivity contribution in [3.8, 4) is 17.3 Å². The van der Waals surface area contributed by atoms with Crippen molar-refractivity contribution in [3.05, 3.63) is 63.8 Å². The quantitative estimate of drug-likeness (QED) is 0.180. The largest absolute Gasteiger partial charge is 0.483 e. The number of nitrogens with zero attached hydrogens (tertiary/aromatic N) is 4. The van der Waals surface area contributed by atoms with Crippen LogP contribution in [0.15, 0.2) is 41.3 Å². The molecule has 0 spiro atoms. The molecule has 0 amide bonds. The van der Waals surface area contributed by atoms with Crippen molar-refractivity contribution in [3.63, 3.8) is 0 Å². The van der Waals surface area contributed by atoms with Crippen LogP contribution in [-0.4, -0.2) is 76.6 Å². The maximum atomic E-state index is 13.1. The summed E-state index contributed by atoms with van der Waals surface area (Å²) in [6.07, 6.45) is 6.19. The molecule has 1 unspecified atom stereocenters. The SMILES string of the molecule is CCC(C)CCOC1(C(C)C)COC1.CCOc1cccc(-c2cc(N3CCCC3)nc(C(F)F)n2)n1.Cc1cc(C2CC2)c[nH]c1=O.O=CO. The predicted octanol–water partition coefficient (Wildman–Crippen LogP) is 7.60. The van der Waals surface area contributed by atoms with Gasteiger partial charge in [0, 0.05) is 43.6 Å². The van der Waals surface area contributed by atoms with E-state index in [2.05, 4.69) is 47.6 Å². The summed E-state index contributed by atoms with van der Waals surface area (Å²) in [5.74, 6) is 2.59. The lowest BCUT2D eigenvalue weighted by molar-refractivity contribution is -0.231. The molecule has 3 aliphatic rings. The maximum absolute atomic E-state index is 13.1. The molecule has 2 N–H and O–H groups in total. The Hall–Kier alpha value is -3.97. The minimum Gasteiger partial charge on any atom is -0.483 e. The Morgan fingerprint density at radius 3 is 2.29 bits per heavy atom. The van der Waals surface area contributed by atoms with Gasteiger partial charge in [-0.15, -0.1) is 0 Å². The molecular formula is C38H55F2N5O6. The number of hydrogen-bond donors (Lipinski definition) is 2. The second-order valence-corrected chi connectivity index (χ2v) is 13.4. The summed E-state index contributed by atoms with van der Waals surface area (Å²) >= 11 is 0. The van der Waals surface area contributed by atoms with Gasteiger partial charge in [0.05, 0.1) is 31.2 Å². The minimum absolute atomic E-state index is 0.0352. The van der Waals surface area contributed by atoms with Crippen molar-refractivity contribution in [1.82, 2.24) is 19.9 Å². The van der Waals surface area contributed by atoms with Crippen LogP contribution >= 0.6 is 0 Å². The molecule has 1 saturated carbocycles. The summed E-state index contributed by atoms with van der Waals surface area (Å²) < 4.78 is 42.9. The van der Waals surface area contributed by atoms with Crippen molar-refractivity contribution in [1.29, 1.82) is 0 Å². The number of H-pyrrole nitrogens is 1. The molecule has 51 heavy (non-hydrogen) atoms. The third kappa shape index (κ3) is 12.9. The fourth-order valence-electron chi connectivity index (χ4n) is 5.40. The first-order chi connectivity index (χ1) is 24.5. The van der Waals surface area contributed by atoms with Gasteiger partial charge >= 0.3 is 0 Å². The first-order valence-electron chi connectivity index (χ1n) is 18.0. The van der Waals surface area contributed by atoms with Gasteiger partial charge in [-0.2, -0.15) is 0 Å². The molecule has 282 valence electrons. The highest BCUT2D eigenvalue weighted by Gasteiger charge is 2.42. The van der Waals surface area contributed by atoms with Gasteiger partial charge < -0.3 is 29.2 Å². The number of aryl methyl sites for hydroxylation is 1. The van der Waals surface area contributed by atoms with Gasteiger partial charge in [0.15, 0.2) is 5.82 Å². The second kappa shape index (κ2) is 20.8. The molecule has 3 aromatic rings. The van der Waals surface area contributed by atoms with Crippen LogP contribution < -0.4 is 15.2 Å². The highest BCUT2D eigenvalue weighted by atomic mass is 19.3. The molecule has 3 fully saturated rings. The molecule has 0 aromatic carbocycles. The topological polar surface area (TPSA) is 140 Å². The van der Waals surface area contributed by atoms with Gasteiger partial charge in [0.1, 0.15) is 11.4 Å². The molecule has 0 radical (unpaired) electrons. The van der Waals surface area contributed by atoms with Gasteiger partial charge in [-0.25, -0.2) is 23.7 Å². The summed E-state index contributed by atoms with van der Waals surface area (Å²) in [7, 11) is 0. The number of aromatic nitrogens is 4. The fourth-order valence-corrected chi connectivity index (χ4v) is 5.40. The number of halogens is 2. The number of pyridine rings is 2. The molecule has 2 saturated heterocycles. The Balaban J connectivity index is 0.000000214. The Kier molecular flexibility index (Phi) is 16.9. The van der Waals surface area contributed by atoms with Crippen LogP contribution in [-0.2, 0) is 14.3 Å². The molecule has 13 heteroatoms. The number of carboxylic acid groups (broad SMARTS) is 1. The average Bonchev–Trinajstić information content (AvgIpc) is 3.80. The lowest BCUT2D eigenvalue weighted by atomic mass is 9.88. The van der Waals surface area contributed by atoms with E-state index < -0.39 is 12.2 Å². The van der Waals surface area contributed by atoms with Gasteiger partial charge in [-0.05, 0) is 81.4 Å². The Morgan fingerprint density at radius 1 is 1.08 bits per heavy atom. The smallest absolute Gasteiger partial charge is 0.297 e. The number of rotatable bonds is 12. The van der Waals surface area contributed by atoms with Crippen LogP contribution in [0.2, 0.25) is 0 Å². The molecule has 0 bridgehead atoms. The number of aromatic amines is 1. The van der Waals surface area contributed by atoms with E-state index in [1.54, 1.807) is 24.3 Å². The van der Waals surface area contributed by atoms with Gasteiger partial charge in [0.2, 0.25) is 5.88 Å². The summed E-state index contributed by atoms with van der Waals surface area (Å²) in [5, 5.41) is 6.89. The number of hydrogen-bond acceptors (Lipinski definition) is 9. The van der Waals surface area contributed by atoms with Crippen molar-refractivity contribution in [2.24, 2.45) is 11.8 Å². The zero-order chi connectivity index (χ0) is 37.4. The highest BCUT2D eigenvalue weighted by molar-refractivity contribution is 5.60. The first kappa shape index (κ1) is 41.5. The van der Waals surface area contributed by atoms with E-state index in [1.807, 2.05) is 31.0 Å². The van der Waals surface area contributed by atoms with Crippen LogP contribution in [0, 0.1) is 18.8 Å². The van der Waals surface area contributed by atoms with E-state index in [4.69, 9.17) is 24.1 Å². The third-order valence-corrected chi connectivity index (χ3v) is 9.24. The van der Waals surface area contributed by atoms with Crippen molar-refractivity contribution >= 4 is 12.3 Å². The van der Waals surface area contributed by atoms with E-state index in [1.165, 1.54) is 31.2 Å². The zero-order valence-corrected chi connectivity index (χ0v) is 30.9. The van der Waals surface area contributed by atoms with Gasteiger partial charge in [0.25, 0.3) is 18.5 Å². The lowest BCUT2D eigenvalue weighted by Gasteiger charge is -2.44. The number of ether oxygens (including phenoxy) is 3. The molecule has 11 nitrogen and oxygen atoms in total. The highest BCUT2D eigenvalue weighted by Crippen LogP contribution is 2.39. The molecule has 6 rings (SSSR count). The molecule has 1 atom stereocenters. The minimum atomic E-state index is -2.72. The Morgan fingerprint density at radius 2 is 1.76 bits per heavy atom. The second-order valence-electron chi connectivity index (χ2n) is 13.4. The van der Waals surface area contributed by atoms with Crippen LogP contribution in [0.5, 0.6) is 5.88 Å².